The molecule has 1 aliphatic heterocycles. The van der Waals surface area contributed by atoms with Crippen LogP contribution in [-0.4, -0.2) is 17.0 Å². The Balaban J connectivity index is 2.10. The number of aliphatic imine (C=N–C) groups is 1. The monoisotopic (exact) mass is 404 g/mol. The lowest BCUT2D eigenvalue weighted by atomic mass is 10.1. The van der Waals surface area contributed by atoms with Gasteiger partial charge >= 0.3 is 0 Å². The maximum Gasteiger partial charge on any atom is 0.161 e. The Hall–Kier alpha value is -0.000000000000000111. The van der Waals surface area contributed by atoms with Gasteiger partial charge in [0.05, 0.1) is 11.7 Å². The van der Waals surface area contributed by atoms with Gasteiger partial charge in [-0.1, -0.05) is 25.6 Å². The second kappa shape index (κ2) is 6.64. The van der Waals surface area contributed by atoms with E-state index in [1.54, 1.807) is 11.8 Å². The quantitative estimate of drug-likeness (QED) is 0.722. The maximum atomic E-state index is 4.75. The van der Waals surface area contributed by atoms with E-state index in [0.29, 0.717) is 12.0 Å². The Kier molecular flexibility index (Phi) is 5.37. The molecule has 1 heterocycles. The predicted octanol–water partition coefficient (Wildman–Crippen LogP) is 5.45. The second-order valence-corrected chi connectivity index (χ2v) is 7.97. The van der Waals surface area contributed by atoms with E-state index in [-0.39, 0.29) is 0 Å². The van der Waals surface area contributed by atoms with Crippen molar-refractivity contribution in [2.45, 2.75) is 33.2 Å². The van der Waals surface area contributed by atoms with Gasteiger partial charge in [-0.3, -0.25) is 4.99 Å². The molecule has 0 fully saturated rings. The number of halogens is 2. The van der Waals surface area contributed by atoms with Crippen molar-refractivity contribution in [2.75, 3.05) is 11.1 Å². The molecular formula is C14H18Br2N2S. The van der Waals surface area contributed by atoms with Crippen LogP contribution in [0.5, 0.6) is 0 Å². The molecule has 0 aliphatic carbocycles. The molecule has 2 nitrogen and oxygen atoms in total. The molecular weight excluding hydrogens is 388 g/mol. The Morgan fingerprint density at radius 2 is 2.00 bits per heavy atom. The van der Waals surface area contributed by atoms with Crippen LogP contribution in [0.25, 0.3) is 0 Å². The minimum Gasteiger partial charge on any atom is -0.333 e. The van der Waals surface area contributed by atoms with E-state index in [2.05, 4.69) is 70.1 Å². The van der Waals surface area contributed by atoms with Crippen LogP contribution >= 0.6 is 43.6 Å². The first kappa shape index (κ1) is 15.4. The first-order valence-corrected chi connectivity index (χ1v) is 8.96. The molecule has 5 heteroatoms. The smallest absolute Gasteiger partial charge is 0.161 e. The average Bonchev–Trinajstić information content (AvgIpc) is 2.70. The Bertz CT molecular complexity index is 477. The zero-order valence-corrected chi connectivity index (χ0v) is 15.3. The number of nitrogens with one attached hydrogen (secondary N) is 1. The maximum absolute atomic E-state index is 4.75. The number of hydrogen-bond acceptors (Lipinski definition) is 3. The van der Waals surface area contributed by atoms with Gasteiger partial charge in [-0.15, -0.1) is 0 Å². The number of aryl methyl sites for hydroxylation is 1. The fraction of sp³-hybridized carbons (Fsp3) is 0.500. The molecule has 1 aliphatic rings. The molecule has 1 aromatic rings. The number of nitrogens with zero attached hydrogens (tertiary/aromatic N) is 1. The highest BCUT2D eigenvalue weighted by Gasteiger charge is 2.20. The van der Waals surface area contributed by atoms with Gasteiger partial charge in [-0.05, 0) is 68.8 Å². The lowest BCUT2D eigenvalue weighted by molar-refractivity contribution is 0.529. The average molecular weight is 406 g/mol. The number of anilines is 1. The summed E-state index contributed by atoms with van der Waals surface area (Å²) in [5, 5.41) is 4.45. The summed E-state index contributed by atoms with van der Waals surface area (Å²) in [5.41, 5.74) is 2.28. The Morgan fingerprint density at radius 3 is 2.58 bits per heavy atom. The van der Waals surface area contributed by atoms with E-state index in [4.69, 9.17) is 4.99 Å². The highest BCUT2D eigenvalue weighted by molar-refractivity contribution is 9.11. The first-order valence-electron chi connectivity index (χ1n) is 6.39. The molecule has 0 amide bonds. The van der Waals surface area contributed by atoms with Crippen LogP contribution < -0.4 is 5.32 Å². The predicted molar refractivity (Wildman–Crippen MR) is 93.3 cm³/mol. The second-order valence-electron chi connectivity index (χ2n) is 5.26. The molecule has 0 saturated heterocycles. The van der Waals surface area contributed by atoms with Crippen LogP contribution in [0.2, 0.25) is 0 Å². The summed E-state index contributed by atoms with van der Waals surface area (Å²) in [6.45, 7) is 6.58. The highest BCUT2D eigenvalue weighted by Crippen LogP contribution is 2.34. The first-order chi connectivity index (χ1) is 8.95. The minimum atomic E-state index is 0.454. The van der Waals surface area contributed by atoms with Gasteiger partial charge in [0.25, 0.3) is 0 Å². The normalized spacial score (nSPS) is 18.8. The minimum absolute atomic E-state index is 0.454. The molecule has 1 aromatic carbocycles. The third-order valence-corrected chi connectivity index (χ3v) is 5.16. The summed E-state index contributed by atoms with van der Waals surface area (Å²) < 4.78 is 2.13. The van der Waals surface area contributed by atoms with Gasteiger partial charge in [0.15, 0.2) is 5.17 Å². The van der Waals surface area contributed by atoms with E-state index in [1.807, 2.05) is 0 Å². The molecule has 19 heavy (non-hydrogen) atoms. The summed E-state index contributed by atoms with van der Waals surface area (Å²) in [5.74, 6) is 1.79. The van der Waals surface area contributed by atoms with Crippen molar-refractivity contribution < 1.29 is 0 Å². The molecule has 2 rings (SSSR count). The number of rotatable bonds is 3. The molecule has 0 bridgehead atoms. The standard InChI is InChI=1S/C14H18Br2N2S/c1-8(2)4-10-7-19-14(17-10)18-13-11(15)5-9(3)6-12(13)16/h5-6,8,10H,4,7H2,1-3H3,(H,17,18). The van der Waals surface area contributed by atoms with E-state index in [1.165, 1.54) is 5.56 Å². The summed E-state index contributed by atoms with van der Waals surface area (Å²) in [6, 6.07) is 4.67. The molecule has 104 valence electrons. The van der Waals surface area contributed by atoms with Crippen LogP contribution in [0.3, 0.4) is 0 Å². The lowest BCUT2D eigenvalue weighted by Crippen LogP contribution is -2.08. The fourth-order valence-corrected chi connectivity index (χ4v) is 4.65. The fourth-order valence-electron chi connectivity index (χ4n) is 2.07. The molecule has 1 atom stereocenters. The number of amidine groups is 1. The van der Waals surface area contributed by atoms with E-state index in [0.717, 1.165) is 32.0 Å². The van der Waals surface area contributed by atoms with Crippen molar-refractivity contribution in [1.29, 1.82) is 0 Å². The zero-order chi connectivity index (χ0) is 14.0. The lowest BCUT2D eigenvalue weighted by Gasteiger charge is -2.11. The zero-order valence-electron chi connectivity index (χ0n) is 11.3. The molecule has 1 unspecified atom stereocenters. The Labute approximate surface area is 136 Å². The van der Waals surface area contributed by atoms with Gasteiger partial charge in [0.2, 0.25) is 0 Å². The third kappa shape index (κ3) is 4.23. The van der Waals surface area contributed by atoms with Gasteiger partial charge in [-0.2, -0.15) is 0 Å². The van der Waals surface area contributed by atoms with Crippen LogP contribution in [0, 0.1) is 12.8 Å². The van der Waals surface area contributed by atoms with E-state index in [9.17, 15) is 0 Å². The molecule has 0 spiro atoms. The highest BCUT2D eigenvalue weighted by atomic mass is 79.9. The molecule has 0 radical (unpaired) electrons. The van der Waals surface area contributed by atoms with E-state index < -0.39 is 0 Å². The third-order valence-electron chi connectivity index (χ3n) is 2.87. The van der Waals surface area contributed by atoms with Crippen molar-refractivity contribution in [1.82, 2.24) is 0 Å². The SMILES string of the molecule is Cc1cc(Br)c(NC2=NC(CC(C)C)CS2)c(Br)c1. The molecule has 0 saturated carbocycles. The van der Waals surface area contributed by atoms with E-state index >= 15 is 0 Å². The van der Waals surface area contributed by atoms with Crippen molar-refractivity contribution in [2.24, 2.45) is 10.9 Å². The molecule has 0 aromatic heterocycles. The topological polar surface area (TPSA) is 24.4 Å². The number of thioether (sulfide) groups is 1. The van der Waals surface area contributed by atoms with Crippen molar-refractivity contribution >= 4 is 54.5 Å². The van der Waals surface area contributed by atoms with Crippen molar-refractivity contribution in [3.63, 3.8) is 0 Å². The number of hydrogen-bond donors (Lipinski definition) is 1. The summed E-state index contributed by atoms with van der Waals surface area (Å²) in [6.07, 6.45) is 1.16. The molecule has 1 N–H and O–H groups in total. The van der Waals surface area contributed by atoms with Crippen molar-refractivity contribution in [3.8, 4) is 0 Å². The van der Waals surface area contributed by atoms with Crippen LogP contribution in [-0.2, 0) is 0 Å². The Morgan fingerprint density at radius 1 is 1.37 bits per heavy atom. The van der Waals surface area contributed by atoms with Crippen molar-refractivity contribution in [3.05, 3.63) is 26.6 Å². The van der Waals surface area contributed by atoms with Gasteiger partial charge in [0, 0.05) is 14.7 Å². The van der Waals surface area contributed by atoms with Crippen LogP contribution in [0.4, 0.5) is 5.69 Å². The summed E-state index contributed by atoms with van der Waals surface area (Å²) in [7, 11) is 0. The van der Waals surface area contributed by atoms with Gasteiger partial charge in [-0.25, -0.2) is 0 Å². The number of benzene rings is 1. The summed E-state index contributed by atoms with van der Waals surface area (Å²) in [4.78, 5) is 4.75. The van der Waals surface area contributed by atoms with Crippen LogP contribution in [0.1, 0.15) is 25.8 Å². The van der Waals surface area contributed by atoms with Gasteiger partial charge < -0.3 is 5.32 Å². The van der Waals surface area contributed by atoms with Gasteiger partial charge in [0.1, 0.15) is 0 Å². The summed E-state index contributed by atoms with van der Waals surface area (Å²) >= 11 is 9.01. The van der Waals surface area contributed by atoms with Crippen LogP contribution in [0.15, 0.2) is 26.1 Å². The largest absolute Gasteiger partial charge is 0.333 e.